The first kappa shape index (κ1) is 15.2. The van der Waals surface area contributed by atoms with Gasteiger partial charge in [-0.3, -0.25) is 4.79 Å². The Labute approximate surface area is 123 Å². The average Bonchev–Trinajstić information content (AvgIpc) is 2.81. The van der Waals surface area contributed by atoms with E-state index in [4.69, 9.17) is 14.6 Å². The molecule has 0 aliphatic rings. The van der Waals surface area contributed by atoms with Gasteiger partial charge in [0.1, 0.15) is 5.82 Å². The normalized spacial score (nSPS) is 11.1. The molecule has 6 heteroatoms. The highest BCUT2D eigenvalue weighted by Crippen LogP contribution is 2.33. The lowest BCUT2D eigenvalue weighted by atomic mass is 10.2. The van der Waals surface area contributed by atoms with Gasteiger partial charge < -0.3 is 19.1 Å². The van der Waals surface area contributed by atoms with Gasteiger partial charge in [-0.2, -0.15) is 0 Å². The molecule has 0 aliphatic carbocycles. The monoisotopic (exact) mass is 292 g/mol. The summed E-state index contributed by atoms with van der Waals surface area (Å²) in [5, 5.41) is 8.92. The summed E-state index contributed by atoms with van der Waals surface area (Å²) in [6.45, 7) is 4.45. The Balaban J connectivity index is 2.61. The number of aryl methyl sites for hydroxylation is 1. The number of nitrogens with zero attached hydrogens (tertiary/aromatic N) is 2. The van der Waals surface area contributed by atoms with Crippen LogP contribution in [0.5, 0.6) is 11.5 Å². The molecule has 0 spiro atoms. The molecule has 0 saturated carbocycles. The fourth-order valence-corrected chi connectivity index (χ4v) is 2.35. The quantitative estimate of drug-likeness (QED) is 0.886. The molecule has 1 aromatic heterocycles. The number of aliphatic carboxylic acids is 1. The second-order valence-corrected chi connectivity index (χ2v) is 5.12. The molecular weight excluding hydrogens is 272 g/mol. The molecule has 0 amide bonds. The van der Waals surface area contributed by atoms with E-state index in [1.807, 2.05) is 30.5 Å². The third-order valence-corrected chi connectivity index (χ3v) is 3.35. The van der Waals surface area contributed by atoms with E-state index < -0.39 is 5.97 Å². The highest BCUT2D eigenvalue weighted by Gasteiger charge is 2.17. The third-order valence-electron chi connectivity index (χ3n) is 3.35. The number of hydrogen-bond donors (Lipinski definition) is 1. The number of methoxy groups -OCH3 is 2. The number of aromatic nitrogens is 2. The molecule has 0 bridgehead atoms. The predicted octanol–water partition coefficient (Wildman–Crippen LogP) is 2.65. The Morgan fingerprint density at radius 2 is 1.90 bits per heavy atom. The Kier molecular flexibility index (Phi) is 4.35. The van der Waals surface area contributed by atoms with Gasteiger partial charge in [0.2, 0.25) is 0 Å². The number of benzene rings is 1. The highest BCUT2D eigenvalue weighted by molar-refractivity contribution is 5.81. The minimum absolute atomic E-state index is 0.0551. The van der Waals surface area contributed by atoms with Crippen LogP contribution in [-0.2, 0) is 11.3 Å². The Bertz CT molecular complexity index is 661. The van der Waals surface area contributed by atoms with E-state index >= 15 is 0 Å². The lowest BCUT2D eigenvalue weighted by Crippen LogP contribution is -2.09. The molecule has 0 radical (unpaired) electrons. The zero-order valence-corrected chi connectivity index (χ0v) is 12.7. The summed E-state index contributed by atoms with van der Waals surface area (Å²) in [7, 11) is 3.15. The van der Waals surface area contributed by atoms with Crippen molar-refractivity contribution in [2.24, 2.45) is 0 Å². The van der Waals surface area contributed by atoms with Crippen LogP contribution in [0.2, 0.25) is 0 Å². The van der Waals surface area contributed by atoms with E-state index in [0.717, 1.165) is 16.9 Å². The molecule has 1 heterocycles. The van der Waals surface area contributed by atoms with E-state index in [0.29, 0.717) is 18.0 Å². The van der Waals surface area contributed by atoms with Gasteiger partial charge in [0.05, 0.1) is 31.7 Å². The maximum Gasteiger partial charge on any atom is 0.305 e. The lowest BCUT2D eigenvalue weighted by molar-refractivity contribution is -0.137. The Morgan fingerprint density at radius 3 is 2.43 bits per heavy atom. The van der Waals surface area contributed by atoms with Gasteiger partial charge in [-0.25, -0.2) is 4.98 Å². The van der Waals surface area contributed by atoms with Crippen molar-refractivity contribution in [3.63, 3.8) is 0 Å². The molecule has 0 saturated heterocycles. The van der Waals surface area contributed by atoms with Crippen molar-refractivity contribution in [1.29, 1.82) is 0 Å². The standard InChI is InChI=1S/C15H20N2O4/c1-9(2)15-16-10-7-12(20-3)13(21-4)8-11(10)17(15)6-5-14(18)19/h7-9H,5-6H2,1-4H3,(H,18,19). The third kappa shape index (κ3) is 2.94. The van der Waals surface area contributed by atoms with E-state index in [2.05, 4.69) is 4.98 Å². The smallest absolute Gasteiger partial charge is 0.305 e. The summed E-state index contributed by atoms with van der Waals surface area (Å²) >= 11 is 0. The van der Waals surface area contributed by atoms with Crippen molar-refractivity contribution in [1.82, 2.24) is 9.55 Å². The number of ether oxygens (including phenoxy) is 2. The molecule has 0 atom stereocenters. The van der Waals surface area contributed by atoms with Crippen LogP contribution in [0, 0.1) is 0 Å². The van der Waals surface area contributed by atoms with Crippen LogP contribution in [0.1, 0.15) is 32.0 Å². The van der Waals surface area contributed by atoms with Gasteiger partial charge in [-0.15, -0.1) is 0 Å². The fourth-order valence-electron chi connectivity index (χ4n) is 2.35. The Hall–Kier alpha value is -2.24. The van der Waals surface area contributed by atoms with Crippen molar-refractivity contribution < 1.29 is 19.4 Å². The number of fused-ring (bicyclic) bond motifs is 1. The molecule has 2 rings (SSSR count). The maximum atomic E-state index is 10.9. The fraction of sp³-hybridized carbons (Fsp3) is 0.467. The van der Waals surface area contributed by atoms with Crippen LogP contribution in [0.4, 0.5) is 0 Å². The van der Waals surface area contributed by atoms with E-state index in [1.54, 1.807) is 14.2 Å². The minimum atomic E-state index is -0.827. The number of rotatable bonds is 6. The number of carboxylic acids is 1. The molecule has 0 aliphatic heterocycles. The minimum Gasteiger partial charge on any atom is -0.493 e. The molecule has 1 aromatic carbocycles. The topological polar surface area (TPSA) is 73.6 Å². The summed E-state index contributed by atoms with van der Waals surface area (Å²) in [5.74, 6) is 1.46. The van der Waals surface area contributed by atoms with Crippen molar-refractivity contribution in [2.45, 2.75) is 32.7 Å². The van der Waals surface area contributed by atoms with Crippen molar-refractivity contribution in [3.05, 3.63) is 18.0 Å². The molecular formula is C15H20N2O4. The van der Waals surface area contributed by atoms with E-state index in [1.165, 1.54) is 0 Å². The van der Waals surface area contributed by atoms with Crippen LogP contribution in [0.15, 0.2) is 12.1 Å². The van der Waals surface area contributed by atoms with Gasteiger partial charge >= 0.3 is 5.97 Å². The van der Waals surface area contributed by atoms with Gasteiger partial charge in [-0.1, -0.05) is 13.8 Å². The molecule has 21 heavy (non-hydrogen) atoms. The van der Waals surface area contributed by atoms with Crippen molar-refractivity contribution >= 4 is 17.0 Å². The summed E-state index contributed by atoms with van der Waals surface area (Å²) in [6, 6.07) is 3.66. The van der Waals surface area contributed by atoms with Crippen molar-refractivity contribution in [2.75, 3.05) is 14.2 Å². The molecule has 6 nitrogen and oxygen atoms in total. The second-order valence-electron chi connectivity index (χ2n) is 5.12. The molecule has 114 valence electrons. The average molecular weight is 292 g/mol. The van der Waals surface area contributed by atoms with Crippen molar-refractivity contribution in [3.8, 4) is 11.5 Å². The summed E-state index contributed by atoms with van der Waals surface area (Å²) in [5.41, 5.74) is 1.64. The molecule has 2 aromatic rings. The molecule has 0 unspecified atom stereocenters. The van der Waals surface area contributed by atoms with Gasteiger partial charge in [-0.05, 0) is 0 Å². The zero-order chi connectivity index (χ0) is 15.6. The second kappa shape index (κ2) is 6.03. The zero-order valence-electron chi connectivity index (χ0n) is 12.7. The Morgan fingerprint density at radius 1 is 1.29 bits per heavy atom. The lowest BCUT2D eigenvalue weighted by Gasteiger charge is -2.11. The van der Waals surface area contributed by atoms with Crippen LogP contribution in [0.3, 0.4) is 0 Å². The van der Waals surface area contributed by atoms with Gasteiger partial charge in [0.25, 0.3) is 0 Å². The summed E-state index contributed by atoms with van der Waals surface area (Å²) < 4.78 is 12.5. The van der Waals surface area contributed by atoms with E-state index in [9.17, 15) is 4.79 Å². The molecule has 0 fully saturated rings. The number of imidazole rings is 1. The van der Waals surface area contributed by atoms with Crippen LogP contribution in [-0.4, -0.2) is 34.8 Å². The van der Waals surface area contributed by atoms with Gasteiger partial charge in [0.15, 0.2) is 11.5 Å². The highest BCUT2D eigenvalue weighted by atomic mass is 16.5. The molecule has 1 N–H and O–H groups in total. The predicted molar refractivity (Wildman–Crippen MR) is 79.2 cm³/mol. The van der Waals surface area contributed by atoms with Crippen LogP contribution < -0.4 is 9.47 Å². The first-order valence-corrected chi connectivity index (χ1v) is 6.81. The first-order chi connectivity index (χ1) is 9.97. The maximum absolute atomic E-state index is 10.9. The largest absolute Gasteiger partial charge is 0.493 e. The number of carbonyl (C=O) groups is 1. The number of carboxylic acid groups (broad SMARTS) is 1. The summed E-state index contributed by atoms with van der Waals surface area (Å²) in [4.78, 5) is 15.5. The van der Waals surface area contributed by atoms with Crippen LogP contribution in [0.25, 0.3) is 11.0 Å². The van der Waals surface area contributed by atoms with Crippen LogP contribution >= 0.6 is 0 Å². The van der Waals surface area contributed by atoms with Gasteiger partial charge in [0, 0.05) is 24.6 Å². The first-order valence-electron chi connectivity index (χ1n) is 6.81. The number of hydrogen-bond acceptors (Lipinski definition) is 4. The SMILES string of the molecule is COc1cc2nc(C(C)C)n(CCC(=O)O)c2cc1OC. The summed E-state index contributed by atoms with van der Waals surface area (Å²) in [6.07, 6.45) is 0.0551. The van der Waals surface area contributed by atoms with E-state index in [-0.39, 0.29) is 12.3 Å².